The molecule has 6 nitrogen and oxygen atoms in total. The van der Waals surface area contributed by atoms with Crippen molar-refractivity contribution in [3.63, 3.8) is 0 Å². The van der Waals surface area contributed by atoms with Gasteiger partial charge in [0.1, 0.15) is 5.54 Å². The Kier molecular flexibility index (Phi) is 4.77. The first kappa shape index (κ1) is 13.4. The summed E-state index contributed by atoms with van der Waals surface area (Å²) < 4.78 is 4.47. The van der Waals surface area contributed by atoms with E-state index in [4.69, 9.17) is 5.11 Å². The number of hydrogen-bond acceptors (Lipinski definition) is 4. The van der Waals surface area contributed by atoms with Gasteiger partial charge in [0.15, 0.2) is 0 Å². The van der Waals surface area contributed by atoms with E-state index in [2.05, 4.69) is 10.1 Å². The molecule has 0 aromatic heterocycles. The van der Waals surface area contributed by atoms with Crippen LogP contribution in [0.4, 0.5) is 0 Å². The average Bonchev–Trinajstić information content (AvgIpc) is 2.12. The number of carboxylic acids is 1. The molecule has 6 heteroatoms. The van der Waals surface area contributed by atoms with E-state index in [0.717, 1.165) is 0 Å². The summed E-state index contributed by atoms with van der Waals surface area (Å²) in [6.07, 6.45) is -0.418. The molecule has 0 saturated carbocycles. The van der Waals surface area contributed by atoms with Crippen molar-refractivity contribution < 1.29 is 24.2 Å². The highest BCUT2D eigenvalue weighted by Gasteiger charge is 2.30. The number of carbonyl (C=O) groups is 3. The molecule has 0 atom stereocenters. The van der Waals surface area contributed by atoms with Gasteiger partial charge >= 0.3 is 11.9 Å². The van der Waals surface area contributed by atoms with Crippen molar-refractivity contribution in [2.24, 2.45) is 0 Å². The summed E-state index contributed by atoms with van der Waals surface area (Å²) in [5.41, 5.74) is -1.13. The third-order valence-electron chi connectivity index (χ3n) is 1.71. The zero-order chi connectivity index (χ0) is 12.1. The number of carbonyl (C=O) groups excluding carboxylic acids is 2. The second kappa shape index (κ2) is 5.33. The fraction of sp³-hybridized carbons (Fsp3) is 0.667. The molecule has 15 heavy (non-hydrogen) atoms. The van der Waals surface area contributed by atoms with Gasteiger partial charge in [-0.1, -0.05) is 0 Å². The van der Waals surface area contributed by atoms with E-state index in [9.17, 15) is 14.4 Å². The Morgan fingerprint density at radius 1 is 1.27 bits per heavy atom. The van der Waals surface area contributed by atoms with Crippen molar-refractivity contribution in [2.45, 2.75) is 32.2 Å². The van der Waals surface area contributed by atoms with Crippen LogP contribution >= 0.6 is 0 Å². The molecule has 86 valence electrons. The molecular formula is C9H15NO5. The van der Waals surface area contributed by atoms with Gasteiger partial charge in [0.2, 0.25) is 5.91 Å². The van der Waals surface area contributed by atoms with Gasteiger partial charge in [-0.15, -0.1) is 0 Å². The van der Waals surface area contributed by atoms with E-state index in [1.807, 2.05) is 0 Å². The Labute approximate surface area is 87.6 Å². The van der Waals surface area contributed by atoms with Crippen molar-refractivity contribution >= 4 is 17.8 Å². The molecule has 0 heterocycles. The van der Waals surface area contributed by atoms with Gasteiger partial charge in [0, 0.05) is 6.42 Å². The van der Waals surface area contributed by atoms with Gasteiger partial charge in [0.05, 0.1) is 13.5 Å². The minimum atomic E-state index is -1.13. The third kappa shape index (κ3) is 4.99. The molecule has 0 radical (unpaired) electrons. The minimum absolute atomic E-state index is 0.157. The molecule has 0 aliphatic heterocycles. The lowest BCUT2D eigenvalue weighted by atomic mass is 10.1. The number of aliphatic carboxylic acids is 1. The van der Waals surface area contributed by atoms with Crippen molar-refractivity contribution in [3.05, 3.63) is 0 Å². The van der Waals surface area contributed by atoms with Crippen LogP contribution in [0.1, 0.15) is 26.7 Å². The number of esters is 1. The molecule has 0 aliphatic rings. The number of hydrogen-bond donors (Lipinski definition) is 2. The molecule has 0 fully saturated rings. The normalized spacial score (nSPS) is 10.6. The van der Waals surface area contributed by atoms with Crippen LogP contribution in [0.2, 0.25) is 0 Å². The Bertz CT molecular complexity index is 272. The van der Waals surface area contributed by atoms with Crippen molar-refractivity contribution in [1.29, 1.82) is 0 Å². The van der Waals surface area contributed by atoms with Crippen molar-refractivity contribution in [2.75, 3.05) is 7.11 Å². The quantitative estimate of drug-likeness (QED) is 0.628. The molecule has 0 bridgehead atoms. The highest BCUT2D eigenvalue weighted by atomic mass is 16.5. The summed E-state index contributed by atoms with van der Waals surface area (Å²) in [5.74, 6) is -2.13. The first-order valence-corrected chi connectivity index (χ1v) is 4.41. The number of methoxy groups -OCH3 is 1. The minimum Gasteiger partial charge on any atom is -0.481 e. The topological polar surface area (TPSA) is 92.7 Å². The Hall–Kier alpha value is -1.59. The molecule has 0 spiro atoms. The molecule has 1 amide bonds. The fourth-order valence-electron chi connectivity index (χ4n) is 0.938. The van der Waals surface area contributed by atoms with Crippen LogP contribution in [0.3, 0.4) is 0 Å². The monoisotopic (exact) mass is 217 g/mol. The van der Waals surface area contributed by atoms with Gasteiger partial charge in [-0.3, -0.25) is 9.59 Å². The molecule has 0 aromatic carbocycles. The van der Waals surface area contributed by atoms with E-state index in [1.54, 1.807) is 0 Å². The lowest BCUT2D eigenvalue weighted by molar-refractivity contribution is -0.149. The van der Waals surface area contributed by atoms with Gasteiger partial charge in [-0.2, -0.15) is 0 Å². The lowest BCUT2D eigenvalue weighted by Gasteiger charge is -2.22. The standard InChI is InChI=1S/C9H15NO5/c1-9(2,8(14)15-3)10-6(11)4-5-7(12)13/h4-5H2,1-3H3,(H,10,11)(H,12,13). The first-order chi connectivity index (χ1) is 6.79. The summed E-state index contributed by atoms with van der Waals surface area (Å²) in [5, 5.41) is 10.7. The largest absolute Gasteiger partial charge is 0.481 e. The Balaban J connectivity index is 4.16. The predicted octanol–water partition coefficient (Wildman–Crippen LogP) is -0.0810. The number of rotatable bonds is 5. The van der Waals surface area contributed by atoms with Crippen LogP contribution in [0, 0.1) is 0 Å². The van der Waals surface area contributed by atoms with Gasteiger partial charge in [-0.05, 0) is 13.8 Å². The van der Waals surface area contributed by atoms with E-state index >= 15 is 0 Å². The highest BCUT2D eigenvalue weighted by Crippen LogP contribution is 2.05. The summed E-state index contributed by atoms with van der Waals surface area (Å²) in [6, 6.07) is 0. The second-order valence-electron chi connectivity index (χ2n) is 3.56. The average molecular weight is 217 g/mol. The molecule has 0 rings (SSSR count). The van der Waals surface area contributed by atoms with E-state index < -0.39 is 23.4 Å². The Morgan fingerprint density at radius 3 is 2.20 bits per heavy atom. The number of ether oxygens (including phenoxy) is 1. The van der Waals surface area contributed by atoms with Gasteiger partial charge in [-0.25, -0.2) is 4.79 Å². The van der Waals surface area contributed by atoms with Crippen LogP contribution in [0.5, 0.6) is 0 Å². The highest BCUT2D eigenvalue weighted by molar-refractivity contribution is 5.88. The first-order valence-electron chi connectivity index (χ1n) is 4.41. The van der Waals surface area contributed by atoms with Crippen LogP contribution in [0.15, 0.2) is 0 Å². The maximum absolute atomic E-state index is 11.2. The fourth-order valence-corrected chi connectivity index (χ4v) is 0.938. The maximum Gasteiger partial charge on any atom is 0.330 e. The summed E-state index contributed by atoms with van der Waals surface area (Å²) in [7, 11) is 1.22. The van der Waals surface area contributed by atoms with Crippen LogP contribution in [-0.4, -0.2) is 35.6 Å². The van der Waals surface area contributed by atoms with Crippen LogP contribution < -0.4 is 5.32 Å². The lowest BCUT2D eigenvalue weighted by Crippen LogP contribution is -2.50. The van der Waals surface area contributed by atoms with Crippen LogP contribution in [0.25, 0.3) is 0 Å². The zero-order valence-corrected chi connectivity index (χ0v) is 8.99. The van der Waals surface area contributed by atoms with E-state index in [-0.39, 0.29) is 12.8 Å². The smallest absolute Gasteiger partial charge is 0.330 e. The molecule has 0 aliphatic carbocycles. The Morgan fingerprint density at radius 2 is 1.80 bits per heavy atom. The molecule has 0 unspecified atom stereocenters. The number of carboxylic acid groups (broad SMARTS) is 1. The maximum atomic E-state index is 11.2. The third-order valence-corrected chi connectivity index (χ3v) is 1.71. The van der Waals surface area contributed by atoms with E-state index in [0.29, 0.717) is 0 Å². The van der Waals surface area contributed by atoms with Gasteiger partial charge in [0.25, 0.3) is 0 Å². The van der Waals surface area contributed by atoms with Gasteiger partial charge < -0.3 is 15.2 Å². The molecular weight excluding hydrogens is 202 g/mol. The molecule has 0 saturated heterocycles. The predicted molar refractivity (Wildman–Crippen MR) is 51.1 cm³/mol. The second-order valence-corrected chi connectivity index (χ2v) is 3.56. The number of nitrogens with one attached hydrogen (secondary N) is 1. The summed E-state index contributed by atoms with van der Waals surface area (Å²) >= 11 is 0. The molecule has 0 aromatic rings. The molecule has 2 N–H and O–H groups in total. The summed E-state index contributed by atoms with van der Waals surface area (Å²) in [6.45, 7) is 2.97. The zero-order valence-electron chi connectivity index (χ0n) is 8.99. The van der Waals surface area contributed by atoms with Crippen LogP contribution in [-0.2, 0) is 19.1 Å². The SMILES string of the molecule is COC(=O)C(C)(C)NC(=O)CCC(=O)O. The van der Waals surface area contributed by atoms with Crippen molar-refractivity contribution in [1.82, 2.24) is 5.32 Å². The number of amides is 1. The van der Waals surface area contributed by atoms with E-state index in [1.165, 1.54) is 21.0 Å². The summed E-state index contributed by atoms with van der Waals surface area (Å²) in [4.78, 5) is 32.5. The van der Waals surface area contributed by atoms with Crippen molar-refractivity contribution in [3.8, 4) is 0 Å².